The fourth-order valence-electron chi connectivity index (χ4n) is 1.80. The van der Waals surface area contributed by atoms with Gasteiger partial charge in [-0.1, -0.05) is 6.07 Å². The van der Waals surface area contributed by atoms with E-state index in [2.05, 4.69) is 4.98 Å². The molecule has 0 atom stereocenters. The van der Waals surface area contributed by atoms with Gasteiger partial charge in [-0.3, -0.25) is 4.98 Å². The average Bonchev–Trinajstić information content (AvgIpc) is 2.40. The van der Waals surface area contributed by atoms with Crippen LogP contribution in [0.4, 0.5) is 15.8 Å². The highest BCUT2D eigenvalue weighted by Crippen LogP contribution is 2.22. The van der Waals surface area contributed by atoms with Gasteiger partial charge in [0.05, 0.1) is 11.4 Å². The monoisotopic (exact) mass is 245 g/mol. The van der Waals surface area contributed by atoms with Gasteiger partial charge in [0.15, 0.2) is 0 Å². The Morgan fingerprint density at radius 3 is 2.83 bits per heavy atom. The summed E-state index contributed by atoms with van der Waals surface area (Å²) >= 11 is 0. The summed E-state index contributed by atoms with van der Waals surface area (Å²) < 4.78 is 13.2. The summed E-state index contributed by atoms with van der Waals surface area (Å²) in [5, 5.41) is 0. The largest absolute Gasteiger partial charge is 0.397 e. The first-order valence-corrected chi connectivity index (χ1v) is 5.83. The summed E-state index contributed by atoms with van der Waals surface area (Å²) in [5.74, 6) is -0.274. The second kappa shape index (κ2) is 5.49. The third-order valence-electron chi connectivity index (χ3n) is 2.83. The highest BCUT2D eigenvalue weighted by Gasteiger charge is 2.07. The number of anilines is 2. The minimum atomic E-state index is -0.274. The van der Waals surface area contributed by atoms with Crippen LogP contribution in [0.3, 0.4) is 0 Å². The molecule has 0 unspecified atom stereocenters. The van der Waals surface area contributed by atoms with E-state index in [1.54, 1.807) is 12.3 Å². The van der Waals surface area contributed by atoms with Crippen molar-refractivity contribution in [2.45, 2.75) is 6.42 Å². The molecule has 1 heterocycles. The molecule has 0 bridgehead atoms. The Labute approximate surface area is 106 Å². The average molecular weight is 245 g/mol. The van der Waals surface area contributed by atoms with Gasteiger partial charge in [-0.15, -0.1) is 0 Å². The SMILES string of the molecule is CN(CCc1ccccn1)c1cc(F)ccc1N. The molecule has 2 aromatic rings. The quantitative estimate of drug-likeness (QED) is 0.841. The molecule has 4 heteroatoms. The lowest BCUT2D eigenvalue weighted by Crippen LogP contribution is -2.21. The van der Waals surface area contributed by atoms with Gasteiger partial charge in [0, 0.05) is 31.9 Å². The molecule has 0 radical (unpaired) electrons. The van der Waals surface area contributed by atoms with Crippen molar-refractivity contribution in [3.8, 4) is 0 Å². The van der Waals surface area contributed by atoms with E-state index in [0.717, 1.165) is 18.7 Å². The number of hydrogen-bond acceptors (Lipinski definition) is 3. The Morgan fingerprint density at radius 1 is 1.28 bits per heavy atom. The Morgan fingerprint density at radius 2 is 2.11 bits per heavy atom. The van der Waals surface area contributed by atoms with Gasteiger partial charge >= 0.3 is 0 Å². The van der Waals surface area contributed by atoms with Crippen LogP contribution in [0.1, 0.15) is 5.69 Å². The van der Waals surface area contributed by atoms with Crippen molar-refractivity contribution in [1.82, 2.24) is 4.98 Å². The molecular formula is C14H16FN3. The van der Waals surface area contributed by atoms with Crippen LogP contribution in [-0.2, 0) is 6.42 Å². The number of nitrogens with zero attached hydrogens (tertiary/aromatic N) is 2. The summed E-state index contributed by atoms with van der Waals surface area (Å²) in [6.45, 7) is 0.741. The van der Waals surface area contributed by atoms with Crippen molar-refractivity contribution in [1.29, 1.82) is 0 Å². The van der Waals surface area contributed by atoms with E-state index in [-0.39, 0.29) is 5.82 Å². The Kier molecular flexibility index (Phi) is 3.77. The standard InChI is InChI=1S/C14H16FN3/c1-18(9-7-12-4-2-3-8-17-12)14-10-11(15)5-6-13(14)16/h2-6,8,10H,7,9,16H2,1H3. The van der Waals surface area contributed by atoms with Gasteiger partial charge in [-0.2, -0.15) is 0 Å². The molecule has 0 saturated heterocycles. The molecule has 0 aliphatic rings. The molecule has 1 aromatic heterocycles. The van der Waals surface area contributed by atoms with E-state index < -0.39 is 0 Å². The summed E-state index contributed by atoms with van der Waals surface area (Å²) in [5.41, 5.74) is 8.15. The van der Waals surface area contributed by atoms with Crippen molar-refractivity contribution in [2.75, 3.05) is 24.2 Å². The first kappa shape index (κ1) is 12.4. The molecule has 0 saturated carbocycles. The highest BCUT2D eigenvalue weighted by molar-refractivity contribution is 5.67. The van der Waals surface area contributed by atoms with E-state index in [9.17, 15) is 4.39 Å². The molecule has 18 heavy (non-hydrogen) atoms. The fourth-order valence-corrected chi connectivity index (χ4v) is 1.80. The molecule has 0 spiro atoms. The summed E-state index contributed by atoms with van der Waals surface area (Å²) in [4.78, 5) is 6.19. The van der Waals surface area contributed by atoms with Gasteiger partial charge in [0.25, 0.3) is 0 Å². The van der Waals surface area contributed by atoms with E-state index in [1.165, 1.54) is 12.1 Å². The van der Waals surface area contributed by atoms with Gasteiger partial charge in [0.2, 0.25) is 0 Å². The minimum absolute atomic E-state index is 0.274. The second-order valence-corrected chi connectivity index (χ2v) is 4.20. The number of rotatable bonds is 4. The van der Waals surface area contributed by atoms with Crippen molar-refractivity contribution >= 4 is 11.4 Å². The van der Waals surface area contributed by atoms with Crippen molar-refractivity contribution in [2.24, 2.45) is 0 Å². The number of halogens is 1. The molecule has 0 aliphatic carbocycles. The van der Waals surface area contributed by atoms with Crippen LogP contribution in [0.25, 0.3) is 0 Å². The minimum Gasteiger partial charge on any atom is -0.397 e. The van der Waals surface area contributed by atoms with E-state index in [4.69, 9.17) is 5.73 Å². The van der Waals surface area contributed by atoms with Crippen LogP contribution in [-0.4, -0.2) is 18.6 Å². The maximum atomic E-state index is 13.2. The molecule has 0 fully saturated rings. The van der Waals surface area contributed by atoms with E-state index in [1.807, 2.05) is 30.1 Å². The number of hydrogen-bond donors (Lipinski definition) is 1. The molecule has 0 aliphatic heterocycles. The van der Waals surface area contributed by atoms with Gasteiger partial charge in [-0.05, 0) is 30.3 Å². The highest BCUT2D eigenvalue weighted by atomic mass is 19.1. The number of pyridine rings is 1. The molecule has 94 valence electrons. The number of benzene rings is 1. The van der Waals surface area contributed by atoms with Gasteiger partial charge in [-0.25, -0.2) is 4.39 Å². The Hall–Kier alpha value is -2.10. The fraction of sp³-hybridized carbons (Fsp3) is 0.214. The predicted octanol–water partition coefficient (Wildman–Crippen LogP) is 2.48. The zero-order valence-electron chi connectivity index (χ0n) is 10.3. The lowest BCUT2D eigenvalue weighted by molar-refractivity contribution is 0.627. The van der Waals surface area contributed by atoms with Crippen LogP contribution >= 0.6 is 0 Å². The van der Waals surface area contributed by atoms with Crippen molar-refractivity contribution in [3.05, 3.63) is 54.1 Å². The molecular weight excluding hydrogens is 229 g/mol. The maximum Gasteiger partial charge on any atom is 0.125 e. The Bertz CT molecular complexity index is 514. The topological polar surface area (TPSA) is 42.2 Å². The first-order chi connectivity index (χ1) is 8.66. The normalized spacial score (nSPS) is 10.3. The Balaban J connectivity index is 2.03. The van der Waals surface area contributed by atoms with Crippen LogP contribution in [0.15, 0.2) is 42.6 Å². The van der Waals surface area contributed by atoms with E-state index >= 15 is 0 Å². The smallest absolute Gasteiger partial charge is 0.125 e. The zero-order valence-corrected chi connectivity index (χ0v) is 10.3. The van der Waals surface area contributed by atoms with Crippen molar-refractivity contribution < 1.29 is 4.39 Å². The van der Waals surface area contributed by atoms with Gasteiger partial charge < -0.3 is 10.6 Å². The van der Waals surface area contributed by atoms with Crippen molar-refractivity contribution in [3.63, 3.8) is 0 Å². The molecule has 2 N–H and O–H groups in total. The summed E-state index contributed by atoms with van der Waals surface area (Å²) in [7, 11) is 1.90. The number of aromatic nitrogens is 1. The first-order valence-electron chi connectivity index (χ1n) is 5.83. The molecule has 1 aromatic carbocycles. The number of nitrogens with two attached hydrogens (primary N) is 1. The summed E-state index contributed by atoms with van der Waals surface area (Å²) in [6.07, 6.45) is 2.57. The lowest BCUT2D eigenvalue weighted by Gasteiger charge is -2.20. The van der Waals surface area contributed by atoms with Gasteiger partial charge in [0.1, 0.15) is 5.82 Å². The summed E-state index contributed by atoms with van der Waals surface area (Å²) in [6, 6.07) is 10.2. The van der Waals surface area contributed by atoms with Crippen LogP contribution < -0.4 is 10.6 Å². The predicted molar refractivity (Wildman–Crippen MR) is 72.0 cm³/mol. The maximum absolute atomic E-state index is 13.2. The van der Waals surface area contributed by atoms with Crippen LogP contribution in [0.5, 0.6) is 0 Å². The number of likely N-dealkylation sites (N-methyl/N-ethyl adjacent to an activating group) is 1. The van der Waals surface area contributed by atoms with Crippen LogP contribution in [0, 0.1) is 5.82 Å². The van der Waals surface area contributed by atoms with E-state index in [0.29, 0.717) is 11.4 Å². The van der Waals surface area contributed by atoms with Crippen LogP contribution in [0.2, 0.25) is 0 Å². The third kappa shape index (κ3) is 2.97. The molecule has 2 rings (SSSR count). The number of nitrogen functional groups attached to an aromatic ring is 1. The third-order valence-corrected chi connectivity index (χ3v) is 2.83. The zero-order chi connectivity index (χ0) is 13.0. The lowest BCUT2D eigenvalue weighted by atomic mass is 10.2. The molecule has 3 nitrogen and oxygen atoms in total. The molecule has 0 amide bonds. The second-order valence-electron chi connectivity index (χ2n) is 4.20.